The summed E-state index contributed by atoms with van der Waals surface area (Å²) < 4.78 is 7.08. The number of nitrogens with zero attached hydrogens (tertiary/aromatic N) is 5. The van der Waals surface area contributed by atoms with Gasteiger partial charge in [0.05, 0.1) is 24.4 Å². The average molecular weight is 420 g/mol. The van der Waals surface area contributed by atoms with Crippen LogP contribution in [0.5, 0.6) is 5.75 Å². The van der Waals surface area contributed by atoms with Gasteiger partial charge >= 0.3 is 0 Å². The molecule has 0 bridgehead atoms. The van der Waals surface area contributed by atoms with E-state index in [9.17, 15) is 4.79 Å². The Labute approximate surface area is 177 Å². The lowest BCUT2D eigenvalue weighted by atomic mass is 10.2. The molecule has 2 aromatic carbocycles. The normalized spacial score (nSPS) is 10.7. The van der Waals surface area contributed by atoms with Crippen LogP contribution in [0.25, 0.3) is 16.3 Å². The highest BCUT2D eigenvalue weighted by atomic mass is 32.1. The van der Waals surface area contributed by atoms with Gasteiger partial charge in [-0.3, -0.25) is 4.79 Å². The maximum atomic E-state index is 12.5. The number of amides is 1. The second-order valence-electron chi connectivity index (χ2n) is 6.51. The number of aryl methyl sites for hydroxylation is 1. The molecule has 152 valence electrons. The number of anilines is 1. The summed E-state index contributed by atoms with van der Waals surface area (Å²) in [5, 5.41) is 17.2. The van der Waals surface area contributed by atoms with E-state index in [1.807, 2.05) is 67.8 Å². The average Bonchev–Trinajstić information content (AvgIpc) is 3.38. The van der Waals surface area contributed by atoms with E-state index in [2.05, 4.69) is 25.8 Å². The Hall–Kier alpha value is -3.59. The summed E-state index contributed by atoms with van der Waals surface area (Å²) in [6.45, 7) is 4.40. The molecule has 4 aromatic rings. The standard InChI is InChI=1S/C21H20N6O2S/c1-3-29-19-9-7-15(8-10-19)21-23-17(13-30-21)12-20(28)22-16-5-4-6-18(11-16)27-14(2)24-25-26-27/h4-11,13H,3,12H2,1-2H3,(H,22,28). The fourth-order valence-electron chi connectivity index (χ4n) is 2.94. The Morgan fingerprint density at radius 1 is 1.20 bits per heavy atom. The minimum atomic E-state index is -0.135. The minimum Gasteiger partial charge on any atom is -0.494 e. The summed E-state index contributed by atoms with van der Waals surface area (Å²) >= 11 is 1.52. The summed E-state index contributed by atoms with van der Waals surface area (Å²) in [6, 6.07) is 15.2. The van der Waals surface area contributed by atoms with Crippen LogP contribution in [-0.4, -0.2) is 37.7 Å². The molecule has 2 heterocycles. The van der Waals surface area contributed by atoms with Gasteiger partial charge in [-0.2, -0.15) is 4.68 Å². The molecule has 8 nitrogen and oxygen atoms in total. The van der Waals surface area contributed by atoms with Crippen LogP contribution in [0.4, 0.5) is 5.69 Å². The van der Waals surface area contributed by atoms with Crippen LogP contribution in [0, 0.1) is 6.92 Å². The van der Waals surface area contributed by atoms with Crippen LogP contribution < -0.4 is 10.1 Å². The highest BCUT2D eigenvalue weighted by Crippen LogP contribution is 2.26. The van der Waals surface area contributed by atoms with Crippen LogP contribution >= 0.6 is 11.3 Å². The Morgan fingerprint density at radius 2 is 2.03 bits per heavy atom. The number of hydrogen-bond donors (Lipinski definition) is 1. The number of nitrogens with one attached hydrogen (secondary N) is 1. The predicted molar refractivity (Wildman–Crippen MR) is 115 cm³/mol. The number of tetrazole rings is 1. The van der Waals surface area contributed by atoms with Gasteiger partial charge in [-0.15, -0.1) is 16.4 Å². The van der Waals surface area contributed by atoms with Crippen LogP contribution in [0.3, 0.4) is 0 Å². The zero-order chi connectivity index (χ0) is 20.9. The third-order valence-electron chi connectivity index (χ3n) is 4.31. The number of thiazole rings is 1. The molecule has 4 rings (SSSR count). The van der Waals surface area contributed by atoms with Gasteiger partial charge in [-0.1, -0.05) is 6.07 Å². The smallest absolute Gasteiger partial charge is 0.230 e. The second kappa shape index (κ2) is 8.83. The number of carbonyl (C=O) groups is 1. The number of carbonyl (C=O) groups excluding carboxylic acids is 1. The van der Waals surface area contributed by atoms with E-state index in [0.717, 1.165) is 27.7 Å². The summed E-state index contributed by atoms with van der Waals surface area (Å²) in [4.78, 5) is 17.1. The number of aromatic nitrogens is 5. The Bertz CT molecular complexity index is 1150. The van der Waals surface area contributed by atoms with Gasteiger partial charge in [0.1, 0.15) is 10.8 Å². The predicted octanol–water partition coefficient (Wildman–Crippen LogP) is 3.67. The summed E-state index contributed by atoms with van der Waals surface area (Å²) in [6.07, 6.45) is 0.196. The van der Waals surface area contributed by atoms with Crippen molar-refractivity contribution in [3.8, 4) is 22.0 Å². The van der Waals surface area contributed by atoms with E-state index in [0.29, 0.717) is 18.1 Å². The number of ether oxygens (including phenoxy) is 1. The molecular weight excluding hydrogens is 400 g/mol. The van der Waals surface area contributed by atoms with Crippen molar-refractivity contribution in [2.75, 3.05) is 11.9 Å². The third-order valence-corrected chi connectivity index (χ3v) is 5.25. The maximum absolute atomic E-state index is 12.5. The van der Waals surface area contributed by atoms with Crippen molar-refractivity contribution in [1.82, 2.24) is 25.2 Å². The van der Waals surface area contributed by atoms with Gasteiger partial charge in [0.25, 0.3) is 0 Å². The van der Waals surface area contributed by atoms with Crippen molar-refractivity contribution in [2.45, 2.75) is 20.3 Å². The Morgan fingerprint density at radius 3 is 2.77 bits per heavy atom. The Kier molecular flexibility index (Phi) is 5.80. The van der Waals surface area contributed by atoms with Crippen molar-refractivity contribution in [1.29, 1.82) is 0 Å². The molecule has 0 aliphatic heterocycles. The lowest BCUT2D eigenvalue weighted by Crippen LogP contribution is -2.15. The van der Waals surface area contributed by atoms with Crippen molar-refractivity contribution in [3.05, 3.63) is 65.4 Å². The molecule has 2 aromatic heterocycles. The topological polar surface area (TPSA) is 94.8 Å². The fraction of sp³-hybridized carbons (Fsp3) is 0.190. The molecule has 1 amide bonds. The molecule has 0 aliphatic rings. The van der Waals surface area contributed by atoms with Gasteiger partial charge in [-0.05, 0) is 66.7 Å². The fourth-order valence-corrected chi connectivity index (χ4v) is 3.76. The molecule has 1 N–H and O–H groups in total. The highest BCUT2D eigenvalue weighted by molar-refractivity contribution is 7.13. The van der Waals surface area contributed by atoms with E-state index in [4.69, 9.17) is 4.74 Å². The summed E-state index contributed by atoms with van der Waals surface area (Å²) in [5.74, 6) is 1.36. The number of hydrogen-bond acceptors (Lipinski definition) is 7. The molecule has 0 unspecified atom stereocenters. The zero-order valence-electron chi connectivity index (χ0n) is 16.6. The minimum absolute atomic E-state index is 0.135. The van der Waals surface area contributed by atoms with E-state index in [-0.39, 0.29) is 12.3 Å². The second-order valence-corrected chi connectivity index (χ2v) is 7.37. The van der Waals surface area contributed by atoms with Gasteiger partial charge in [0.15, 0.2) is 5.82 Å². The molecule has 0 atom stereocenters. The summed E-state index contributed by atoms with van der Waals surface area (Å²) in [5.41, 5.74) is 3.18. The molecular formula is C21H20N6O2S. The first-order chi connectivity index (χ1) is 14.6. The molecule has 30 heavy (non-hydrogen) atoms. The molecule has 0 aliphatic carbocycles. The lowest BCUT2D eigenvalue weighted by Gasteiger charge is -2.07. The van der Waals surface area contributed by atoms with E-state index >= 15 is 0 Å². The maximum Gasteiger partial charge on any atom is 0.230 e. The largest absolute Gasteiger partial charge is 0.494 e. The quantitative estimate of drug-likeness (QED) is 0.490. The van der Waals surface area contributed by atoms with Gasteiger partial charge in [0, 0.05) is 16.6 Å². The molecule has 0 radical (unpaired) electrons. The van der Waals surface area contributed by atoms with Crippen molar-refractivity contribution in [2.24, 2.45) is 0 Å². The van der Waals surface area contributed by atoms with Crippen molar-refractivity contribution < 1.29 is 9.53 Å². The first-order valence-electron chi connectivity index (χ1n) is 9.45. The van der Waals surface area contributed by atoms with Crippen molar-refractivity contribution in [3.63, 3.8) is 0 Å². The van der Waals surface area contributed by atoms with Gasteiger partial charge in [-0.25, -0.2) is 4.98 Å². The van der Waals surface area contributed by atoms with Crippen LogP contribution in [-0.2, 0) is 11.2 Å². The monoisotopic (exact) mass is 420 g/mol. The van der Waals surface area contributed by atoms with E-state index in [1.54, 1.807) is 4.68 Å². The number of rotatable bonds is 7. The number of benzene rings is 2. The molecule has 0 spiro atoms. The third kappa shape index (κ3) is 4.52. The van der Waals surface area contributed by atoms with Crippen LogP contribution in [0.2, 0.25) is 0 Å². The zero-order valence-corrected chi connectivity index (χ0v) is 17.4. The first-order valence-corrected chi connectivity index (χ1v) is 10.3. The van der Waals surface area contributed by atoms with E-state index in [1.165, 1.54) is 11.3 Å². The van der Waals surface area contributed by atoms with Crippen LogP contribution in [0.1, 0.15) is 18.4 Å². The van der Waals surface area contributed by atoms with Crippen molar-refractivity contribution >= 4 is 22.9 Å². The molecule has 0 fully saturated rings. The van der Waals surface area contributed by atoms with Gasteiger partial charge < -0.3 is 10.1 Å². The van der Waals surface area contributed by atoms with Gasteiger partial charge in [0.2, 0.25) is 5.91 Å². The lowest BCUT2D eigenvalue weighted by molar-refractivity contribution is -0.115. The SMILES string of the molecule is CCOc1ccc(-c2nc(CC(=O)Nc3cccc(-n4nnnc4C)c3)cs2)cc1. The highest BCUT2D eigenvalue weighted by Gasteiger charge is 2.11. The van der Waals surface area contributed by atoms with E-state index < -0.39 is 0 Å². The molecule has 0 saturated heterocycles. The molecule has 9 heteroatoms. The van der Waals surface area contributed by atoms with Crippen LogP contribution in [0.15, 0.2) is 53.9 Å². The molecule has 0 saturated carbocycles. The first kappa shape index (κ1) is 19.7. The Balaban J connectivity index is 1.41. The summed E-state index contributed by atoms with van der Waals surface area (Å²) in [7, 11) is 0.